The Balaban J connectivity index is 2.08. The monoisotopic (exact) mass is 292 g/mol. The number of piperidine rings is 1. The van der Waals surface area contributed by atoms with E-state index in [1.807, 2.05) is 5.01 Å². The predicted molar refractivity (Wildman–Crippen MR) is 74.1 cm³/mol. The van der Waals surface area contributed by atoms with E-state index in [1.165, 1.54) is 9.24 Å². The van der Waals surface area contributed by atoms with Crippen LogP contribution in [0.4, 0.5) is 0 Å². The Kier molecular flexibility index (Phi) is 3.10. The number of nitrogens with zero attached hydrogens (tertiary/aromatic N) is 6. The fraction of sp³-hybridized carbons (Fsp3) is 0.500. The van der Waals surface area contributed by atoms with Crippen molar-refractivity contribution in [3.05, 3.63) is 22.0 Å². The molecule has 3 rings (SSSR count). The molecule has 0 radical (unpaired) electrons. The van der Waals surface area contributed by atoms with Crippen LogP contribution in [-0.2, 0) is 7.05 Å². The van der Waals surface area contributed by atoms with Crippen LogP contribution in [0.5, 0.6) is 0 Å². The highest BCUT2D eigenvalue weighted by Gasteiger charge is 2.23. The molecule has 0 saturated carbocycles. The molecule has 2 aromatic heterocycles. The van der Waals surface area contributed by atoms with Crippen molar-refractivity contribution < 1.29 is 0 Å². The molecule has 8 heteroatoms. The molecule has 7 nitrogen and oxygen atoms in total. The summed E-state index contributed by atoms with van der Waals surface area (Å²) in [7, 11) is 1.68. The van der Waals surface area contributed by atoms with Crippen LogP contribution in [-0.4, -0.2) is 32.3 Å². The number of fused-ring (bicyclic) bond motifs is 1. The van der Waals surface area contributed by atoms with Crippen molar-refractivity contribution in [1.82, 2.24) is 19.2 Å². The van der Waals surface area contributed by atoms with Crippen LogP contribution in [0, 0.1) is 17.2 Å². The van der Waals surface area contributed by atoms with Crippen molar-refractivity contribution >= 4 is 22.8 Å². The van der Waals surface area contributed by atoms with E-state index in [-0.39, 0.29) is 16.9 Å². The maximum atomic E-state index is 12.4. The van der Waals surface area contributed by atoms with Crippen molar-refractivity contribution in [3.8, 4) is 6.07 Å². The summed E-state index contributed by atoms with van der Waals surface area (Å²) in [4.78, 5) is 20.4. The lowest BCUT2D eigenvalue weighted by molar-refractivity contribution is 0.418. The molecule has 0 aliphatic carbocycles. The molecule has 1 aliphatic heterocycles. The number of hydrogen-bond acceptors (Lipinski definition) is 5. The van der Waals surface area contributed by atoms with Crippen LogP contribution in [0.15, 0.2) is 11.0 Å². The van der Waals surface area contributed by atoms with Gasteiger partial charge in [-0.05, 0) is 24.4 Å². The van der Waals surface area contributed by atoms with E-state index in [1.54, 1.807) is 13.2 Å². The summed E-state index contributed by atoms with van der Waals surface area (Å²) in [5.74, 6) is 0.0649. The van der Waals surface area contributed by atoms with Crippen molar-refractivity contribution in [2.75, 3.05) is 18.1 Å². The van der Waals surface area contributed by atoms with Crippen molar-refractivity contribution in [3.63, 3.8) is 0 Å². The molecule has 2 aromatic rings. The molecule has 0 unspecified atom stereocenters. The number of nitriles is 1. The van der Waals surface area contributed by atoms with Gasteiger partial charge in [0.05, 0.1) is 12.3 Å². The van der Waals surface area contributed by atoms with Gasteiger partial charge < -0.3 is 5.01 Å². The Morgan fingerprint density at radius 2 is 2.15 bits per heavy atom. The molecule has 1 fully saturated rings. The maximum absolute atomic E-state index is 12.4. The van der Waals surface area contributed by atoms with Crippen LogP contribution in [0.2, 0.25) is 5.28 Å². The Morgan fingerprint density at radius 1 is 1.45 bits per heavy atom. The zero-order chi connectivity index (χ0) is 14.3. The van der Waals surface area contributed by atoms with Gasteiger partial charge in [-0.15, -0.1) is 0 Å². The summed E-state index contributed by atoms with van der Waals surface area (Å²) in [5, 5.41) is 11.0. The molecule has 20 heavy (non-hydrogen) atoms. The number of imidazole rings is 1. The first kappa shape index (κ1) is 12.9. The second-order valence-corrected chi connectivity index (χ2v) is 5.20. The lowest BCUT2D eigenvalue weighted by atomic mass is 10.00. The highest BCUT2D eigenvalue weighted by Crippen LogP contribution is 2.17. The summed E-state index contributed by atoms with van der Waals surface area (Å²) in [6.45, 7) is 1.30. The molecule has 104 valence electrons. The van der Waals surface area contributed by atoms with Gasteiger partial charge in [-0.3, -0.25) is 4.57 Å². The molecular weight excluding hydrogens is 280 g/mol. The van der Waals surface area contributed by atoms with E-state index in [9.17, 15) is 4.79 Å². The van der Waals surface area contributed by atoms with E-state index >= 15 is 0 Å². The van der Waals surface area contributed by atoms with Gasteiger partial charge in [0.25, 0.3) is 0 Å². The minimum absolute atomic E-state index is 0.0649. The van der Waals surface area contributed by atoms with Gasteiger partial charge in [0.2, 0.25) is 5.28 Å². The number of hydrogen-bond donors (Lipinski definition) is 0. The van der Waals surface area contributed by atoms with E-state index in [4.69, 9.17) is 16.9 Å². The highest BCUT2D eigenvalue weighted by atomic mass is 35.5. The Bertz CT molecular complexity index is 750. The first-order valence-corrected chi connectivity index (χ1v) is 6.74. The standard InChI is InChI=1S/C12H13ClN6O/c1-17-9-7-15-11(13)16-10(9)19(12(17)20)18-4-2-8(6-14)3-5-18/h7-8H,2-5H2,1H3. The minimum Gasteiger partial charge on any atom is -0.307 e. The van der Waals surface area contributed by atoms with E-state index in [2.05, 4.69) is 16.0 Å². The lowest BCUT2D eigenvalue weighted by Gasteiger charge is -2.30. The summed E-state index contributed by atoms with van der Waals surface area (Å²) in [5.41, 5.74) is 0.974. The quantitative estimate of drug-likeness (QED) is 0.721. The lowest BCUT2D eigenvalue weighted by Crippen LogP contribution is -2.46. The molecular formula is C12H13ClN6O. The van der Waals surface area contributed by atoms with Crippen LogP contribution < -0.4 is 10.7 Å². The molecule has 0 bridgehead atoms. The first-order chi connectivity index (χ1) is 9.61. The van der Waals surface area contributed by atoms with Crippen LogP contribution in [0.3, 0.4) is 0 Å². The molecule has 1 saturated heterocycles. The van der Waals surface area contributed by atoms with E-state index in [0.29, 0.717) is 24.3 Å². The molecule has 3 heterocycles. The average molecular weight is 293 g/mol. The number of halogens is 1. The second-order valence-electron chi connectivity index (χ2n) is 4.86. The SMILES string of the molecule is Cn1c(=O)n(N2CCC(C#N)CC2)c2nc(Cl)ncc21. The average Bonchev–Trinajstić information content (AvgIpc) is 2.71. The molecule has 0 N–H and O–H groups in total. The summed E-state index contributed by atoms with van der Waals surface area (Å²) in [6.07, 6.45) is 3.04. The van der Waals surface area contributed by atoms with E-state index < -0.39 is 0 Å². The van der Waals surface area contributed by atoms with Gasteiger partial charge in [-0.1, -0.05) is 0 Å². The summed E-state index contributed by atoms with van der Waals surface area (Å²) in [6, 6.07) is 2.28. The maximum Gasteiger partial charge on any atom is 0.349 e. The van der Waals surface area contributed by atoms with Crippen molar-refractivity contribution in [2.45, 2.75) is 12.8 Å². The third-order valence-corrected chi connectivity index (χ3v) is 3.87. The van der Waals surface area contributed by atoms with Gasteiger partial charge >= 0.3 is 5.69 Å². The van der Waals surface area contributed by atoms with Gasteiger partial charge in [0.1, 0.15) is 5.52 Å². The first-order valence-electron chi connectivity index (χ1n) is 6.36. The van der Waals surface area contributed by atoms with Gasteiger partial charge in [0.15, 0.2) is 5.65 Å². The van der Waals surface area contributed by atoms with Gasteiger partial charge in [0, 0.05) is 26.1 Å². The predicted octanol–water partition coefficient (Wildman–Crippen LogP) is 0.655. The van der Waals surface area contributed by atoms with E-state index in [0.717, 1.165) is 12.8 Å². The van der Waals surface area contributed by atoms with Crippen molar-refractivity contribution in [1.29, 1.82) is 5.26 Å². The zero-order valence-electron chi connectivity index (χ0n) is 11.0. The fourth-order valence-corrected chi connectivity index (χ4v) is 2.65. The third kappa shape index (κ3) is 1.93. The van der Waals surface area contributed by atoms with Crippen LogP contribution in [0.25, 0.3) is 11.2 Å². The van der Waals surface area contributed by atoms with Crippen molar-refractivity contribution in [2.24, 2.45) is 13.0 Å². The van der Waals surface area contributed by atoms with Crippen LogP contribution >= 0.6 is 11.6 Å². The number of aromatic nitrogens is 4. The van der Waals surface area contributed by atoms with Gasteiger partial charge in [-0.2, -0.15) is 14.9 Å². The molecule has 1 aliphatic rings. The summed E-state index contributed by atoms with van der Waals surface area (Å²) >= 11 is 5.83. The number of aryl methyl sites for hydroxylation is 1. The minimum atomic E-state index is -0.174. The Labute approximate surface area is 120 Å². The molecule has 0 amide bonds. The zero-order valence-corrected chi connectivity index (χ0v) is 11.7. The molecule has 0 aromatic carbocycles. The third-order valence-electron chi connectivity index (χ3n) is 3.69. The largest absolute Gasteiger partial charge is 0.349 e. The normalized spacial score (nSPS) is 16.6. The Morgan fingerprint density at radius 3 is 2.80 bits per heavy atom. The summed E-state index contributed by atoms with van der Waals surface area (Å²) < 4.78 is 3.04. The van der Waals surface area contributed by atoms with Gasteiger partial charge in [-0.25, -0.2) is 9.78 Å². The smallest absolute Gasteiger partial charge is 0.307 e. The van der Waals surface area contributed by atoms with Crippen LogP contribution in [0.1, 0.15) is 12.8 Å². The number of rotatable bonds is 1. The Hall–Kier alpha value is -2.07. The fourth-order valence-electron chi connectivity index (χ4n) is 2.52. The highest BCUT2D eigenvalue weighted by molar-refractivity contribution is 6.28. The molecule has 0 spiro atoms. The second kappa shape index (κ2) is 4.80. The topological polar surface area (TPSA) is 79.7 Å². The molecule has 0 atom stereocenters.